The molecule has 1 saturated carbocycles. The largest absolute Gasteiger partial charge is 0.396 e. The fourth-order valence-electron chi connectivity index (χ4n) is 1.75. The highest BCUT2D eigenvalue weighted by Gasteiger charge is 2.64. The topological polar surface area (TPSA) is 110 Å². The van der Waals surface area contributed by atoms with Crippen molar-refractivity contribution in [1.29, 1.82) is 0 Å². The molecule has 1 aliphatic rings. The summed E-state index contributed by atoms with van der Waals surface area (Å²) in [5.41, 5.74) is -2.02. The molecule has 15 heavy (non-hydrogen) atoms. The molecule has 0 aliphatic heterocycles. The number of hydrogen-bond acceptors (Lipinski definition) is 7. The number of hydrogen-bond donors (Lipinski definition) is 6. The molecular formula is C8H16O6S. The van der Waals surface area contributed by atoms with E-state index >= 15 is 0 Å². The van der Waals surface area contributed by atoms with E-state index in [0.717, 1.165) is 0 Å². The highest BCUT2D eigenvalue weighted by atomic mass is 32.1. The number of aliphatic hydroxyl groups excluding tert-OH is 4. The summed E-state index contributed by atoms with van der Waals surface area (Å²) >= 11 is 3.84. The fourth-order valence-corrected chi connectivity index (χ4v) is 1.85. The van der Waals surface area contributed by atoms with Gasteiger partial charge in [-0.15, -0.1) is 0 Å². The first-order chi connectivity index (χ1) is 7.00. The Hall–Kier alpha value is 0.110. The van der Waals surface area contributed by atoms with Crippen LogP contribution in [0.4, 0.5) is 0 Å². The van der Waals surface area contributed by atoms with Gasteiger partial charge in [0.15, 0.2) is 11.9 Å². The normalized spacial score (nSPS) is 42.4. The van der Waals surface area contributed by atoms with E-state index in [9.17, 15) is 20.4 Å². The SMILES string of the molecule is OCC1C(O)C(O)C1(O)C(O)OCCS. The van der Waals surface area contributed by atoms with Gasteiger partial charge >= 0.3 is 0 Å². The first kappa shape index (κ1) is 13.2. The number of ether oxygens (including phenoxy) is 1. The summed E-state index contributed by atoms with van der Waals surface area (Å²) in [6.45, 7) is -0.455. The molecular weight excluding hydrogens is 224 g/mol. The van der Waals surface area contributed by atoms with E-state index in [4.69, 9.17) is 9.84 Å². The molecule has 90 valence electrons. The third kappa shape index (κ3) is 2.01. The smallest absolute Gasteiger partial charge is 0.186 e. The second-order valence-corrected chi connectivity index (χ2v) is 4.01. The summed E-state index contributed by atoms with van der Waals surface area (Å²) < 4.78 is 4.80. The Balaban J connectivity index is 2.64. The standard InChI is InChI=1S/C8H16O6S/c9-3-4-5(10)6(11)8(4,13)7(12)14-1-2-15/h4-7,9-13,15H,1-3H2. The predicted molar refractivity (Wildman–Crippen MR) is 53.4 cm³/mol. The lowest BCUT2D eigenvalue weighted by atomic mass is 9.64. The average Bonchev–Trinajstić information content (AvgIpc) is 2.25. The van der Waals surface area contributed by atoms with Crippen LogP contribution in [0.3, 0.4) is 0 Å². The molecule has 0 spiro atoms. The molecule has 5 unspecified atom stereocenters. The van der Waals surface area contributed by atoms with E-state index < -0.39 is 36.6 Å². The molecule has 0 heterocycles. The van der Waals surface area contributed by atoms with Crippen molar-refractivity contribution >= 4 is 12.6 Å². The van der Waals surface area contributed by atoms with Crippen molar-refractivity contribution in [3.05, 3.63) is 0 Å². The van der Waals surface area contributed by atoms with Crippen LogP contribution in [0.1, 0.15) is 0 Å². The van der Waals surface area contributed by atoms with Crippen LogP contribution in [0, 0.1) is 5.92 Å². The van der Waals surface area contributed by atoms with Gasteiger partial charge in [-0.2, -0.15) is 12.6 Å². The Morgan fingerprint density at radius 3 is 2.47 bits per heavy atom. The second-order valence-electron chi connectivity index (χ2n) is 3.56. The predicted octanol–water partition coefficient (Wildman–Crippen LogP) is -2.67. The monoisotopic (exact) mass is 240 g/mol. The van der Waals surface area contributed by atoms with Crippen LogP contribution in [0.25, 0.3) is 0 Å². The fraction of sp³-hybridized carbons (Fsp3) is 1.00. The van der Waals surface area contributed by atoms with Crippen LogP contribution in [0.5, 0.6) is 0 Å². The van der Waals surface area contributed by atoms with E-state index in [-0.39, 0.29) is 6.61 Å². The Morgan fingerprint density at radius 1 is 1.40 bits per heavy atom. The minimum absolute atomic E-state index is 0.0908. The van der Waals surface area contributed by atoms with Crippen molar-refractivity contribution in [1.82, 2.24) is 0 Å². The van der Waals surface area contributed by atoms with Gasteiger partial charge < -0.3 is 30.3 Å². The molecule has 0 aromatic heterocycles. The van der Waals surface area contributed by atoms with Crippen LogP contribution in [-0.4, -0.2) is 68.6 Å². The molecule has 0 aromatic rings. The van der Waals surface area contributed by atoms with Gasteiger partial charge in [0.2, 0.25) is 0 Å². The van der Waals surface area contributed by atoms with E-state index in [1.54, 1.807) is 0 Å². The zero-order valence-electron chi connectivity index (χ0n) is 8.02. The molecule has 7 heteroatoms. The second kappa shape index (κ2) is 4.96. The van der Waals surface area contributed by atoms with E-state index in [1.807, 2.05) is 0 Å². The minimum Gasteiger partial charge on any atom is -0.396 e. The summed E-state index contributed by atoms with van der Waals surface area (Å²) in [7, 11) is 0. The highest BCUT2D eigenvalue weighted by molar-refractivity contribution is 7.80. The lowest BCUT2D eigenvalue weighted by Gasteiger charge is -2.54. The highest BCUT2D eigenvalue weighted by Crippen LogP contribution is 2.41. The van der Waals surface area contributed by atoms with E-state index in [0.29, 0.717) is 5.75 Å². The zero-order valence-corrected chi connectivity index (χ0v) is 8.92. The summed E-state index contributed by atoms with van der Waals surface area (Å²) in [5.74, 6) is -0.669. The van der Waals surface area contributed by atoms with Gasteiger partial charge in [-0.1, -0.05) is 0 Å². The maximum absolute atomic E-state index is 9.83. The van der Waals surface area contributed by atoms with Crippen molar-refractivity contribution in [2.45, 2.75) is 24.1 Å². The zero-order chi connectivity index (χ0) is 11.6. The first-order valence-electron chi connectivity index (χ1n) is 4.60. The van der Waals surface area contributed by atoms with Gasteiger partial charge in [0.1, 0.15) is 6.10 Å². The lowest BCUT2D eigenvalue weighted by Crippen LogP contribution is -2.76. The van der Waals surface area contributed by atoms with Gasteiger partial charge in [0.25, 0.3) is 0 Å². The lowest BCUT2D eigenvalue weighted by molar-refractivity contribution is -0.346. The molecule has 5 atom stereocenters. The molecule has 0 bridgehead atoms. The molecule has 6 nitrogen and oxygen atoms in total. The molecule has 1 aliphatic carbocycles. The number of thiol groups is 1. The van der Waals surface area contributed by atoms with Gasteiger partial charge in [0.05, 0.1) is 19.3 Å². The van der Waals surface area contributed by atoms with Gasteiger partial charge in [-0.25, -0.2) is 0 Å². The van der Waals surface area contributed by atoms with Gasteiger partial charge in [-0.05, 0) is 0 Å². The van der Waals surface area contributed by atoms with Gasteiger partial charge in [-0.3, -0.25) is 0 Å². The average molecular weight is 240 g/mol. The van der Waals surface area contributed by atoms with Crippen molar-refractivity contribution in [3.8, 4) is 0 Å². The van der Waals surface area contributed by atoms with Crippen molar-refractivity contribution in [3.63, 3.8) is 0 Å². The molecule has 0 saturated heterocycles. The minimum atomic E-state index is -2.02. The van der Waals surface area contributed by atoms with E-state index in [2.05, 4.69) is 12.6 Å². The number of aliphatic hydroxyl groups is 5. The van der Waals surface area contributed by atoms with Crippen LogP contribution < -0.4 is 0 Å². The van der Waals surface area contributed by atoms with Crippen molar-refractivity contribution in [2.24, 2.45) is 5.92 Å². The maximum atomic E-state index is 9.83. The summed E-state index contributed by atoms with van der Waals surface area (Å²) in [4.78, 5) is 0. The van der Waals surface area contributed by atoms with Crippen LogP contribution in [0.2, 0.25) is 0 Å². The van der Waals surface area contributed by atoms with E-state index in [1.165, 1.54) is 0 Å². The van der Waals surface area contributed by atoms with Gasteiger partial charge in [0, 0.05) is 11.7 Å². The molecule has 5 N–H and O–H groups in total. The molecule has 1 fully saturated rings. The van der Waals surface area contributed by atoms with Crippen molar-refractivity contribution in [2.75, 3.05) is 19.0 Å². The Morgan fingerprint density at radius 2 is 2.00 bits per heavy atom. The summed E-state index contributed by atoms with van der Waals surface area (Å²) in [6, 6.07) is 0. The molecule has 0 amide bonds. The van der Waals surface area contributed by atoms with Crippen LogP contribution in [0.15, 0.2) is 0 Å². The Bertz CT molecular complexity index is 215. The quantitative estimate of drug-likeness (QED) is 0.231. The molecule has 0 radical (unpaired) electrons. The Labute approximate surface area is 92.5 Å². The van der Waals surface area contributed by atoms with Crippen LogP contribution in [-0.2, 0) is 4.74 Å². The van der Waals surface area contributed by atoms with Crippen molar-refractivity contribution < 1.29 is 30.3 Å². The Kier molecular flexibility index (Phi) is 4.36. The summed E-state index contributed by atoms with van der Waals surface area (Å²) in [5, 5.41) is 46.7. The third-order valence-electron chi connectivity index (χ3n) is 2.76. The number of rotatable bonds is 5. The summed E-state index contributed by atoms with van der Waals surface area (Å²) in [6.07, 6.45) is -4.43. The molecule has 1 rings (SSSR count). The third-order valence-corrected chi connectivity index (χ3v) is 2.95. The maximum Gasteiger partial charge on any atom is 0.186 e. The molecule has 0 aromatic carbocycles. The first-order valence-corrected chi connectivity index (χ1v) is 5.23. The van der Waals surface area contributed by atoms with Crippen LogP contribution >= 0.6 is 12.6 Å².